The molecule has 3 aliphatic heterocycles. The molecule has 346 valence electrons. The highest BCUT2D eigenvalue weighted by atomic mass is 16.5. The van der Waals surface area contributed by atoms with Crippen LogP contribution in [0.25, 0.3) is 34.5 Å². The third-order valence-electron chi connectivity index (χ3n) is 15.5. The Labute approximate surface area is 387 Å². The van der Waals surface area contributed by atoms with Gasteiger partial charge in [-0.25, -0.2) is 9.78 Å². The van der Waals surface area contributed by atoms with Crippen molar-refractivity contribution < 1.29 is 23.9 Å². The van der Waals surface area contributed by atoms with Crippen molar-refractivity contribution in [2.45, 2.75) is 95.2 Å². The Hall–Kier alpha value is -5.63. The van der Waals surface area contributed by atoms with E-state index in [1.807, 2.05) is 50.2 Å². The number of amides is 3. The first-order valence-electron chi connectivity index (χ1n) is 24.0. The molecule has 3 amide bonds. The van der Waals surface area contributed by atoms with E-state index in [1.54, 1.807) is 7.11 Å². The second-order valence-corrected chi connectivity index (χ2v) is 20.1. The molecule has 4 fully saturated rings. The van der Waals surface area contributed by atoms with E-state index in [2.05, 4.69) is 92.2 Å². The number of carbonyl (C=O) groups excluding carboxylic acids is 3. The molecule has 0 radical (unpaired) electrons. The number of H-pyrrole nitrogens is 1. The second kappa shape index (κ2) is 18.2. The topological polar surface area (TPSA) is 144 Å². The lowest BCUT2D eigenvalue weighted by Gasteiger charge is -2.37. The quantitative estimate of drug-likeness (QED) is 0.144. The van der Waals surface area contributed by atoms with E-state index in [9.17, 15) is 14.4 Å². The van der Waals surface area contributed by atoms with E-state index in [-0.39, 0.29) is 59.4 Å². The van der Waals surface area contributed by atoms with Crippen LogP contribution in [0.5, 0.6) is 0 Å². The zero-order valence-corrected chi connectivity index (χ0v) is 38.9. The van der Waals surface area contributed by atoms with Crippen molar-refractivity contribution in [1.82, 2.24) is 35.3 Å². The summed E-state index contributed by atoms with van der Waals surface area (Å²) in [5, 5.41) is 8.97. The number of aromatic amines is 1. The lowest BCUT2D eigenvalue weighted by molar-refractivity contribution is -0.139. The van der Waals surface area contributed by atoms with Gasteiger partial charge in [-0.05, 0) is 108 Å². The molecule has 3 N–H and O–H groups in total. The van der Waals surface area contributed by atoms with E-state index in [0.717, 1.165) is 79.0 Å². The summed E-state index contributed by atoms with van der Waals surface area (Å²) in [6, 6.07) is 24.4. The minimum absolute atomic E-state index is 0.0212. The van der Waals surface area contributed by atoms with Gasteiger partial charge in [0.25, 0.3) is 0 Å². The van der Waals surface area contributed by atoms with Gasteiger partial charge in [0.1, 0.15) is 24.1 Å². The van der Waals surface area contributed by atoms with Gasteiger partial charge in [0.15, 0.2) is 0 Å². The molecule has 4 heterocycles. The third-order valence-corrected chi connectivity index (χ3v) is 15.5. The summed E-state index contributed by atoms with van der Waals surface area (Å²) in [6.45, 7) is 6.64. The highest BCUT2D eigenvalue weighted by Crippen LogP contribution is 2.56. The molecule has 1 spiro atoms. The number of imidazole rings is 1. The maximum atomic E-state index is 14.7. The number of fused-ring (bicyclic) bond motifs is 3. The van der Waals surface area contributed by atoms with Crippen LogP contribution in [0, 0.1) is 23.2 Å². The number of hydrogen-bond acceptors (Lipinski definition) is 9. The number of aliphatic imine (C=N–C) groups is 1. The molecule has 3 aliphatic carbocycles. The number of rotatable bonds is 14. The van der Waals surface area contributed by atoms with Crippen LogP contribution in [0.2, 0.25) is 0 Å². The van der Waals surface area contributed by atoms with Gasteiger partial charge >= 0.3 is 6.09 Å². The Balaban J connectivity index is 0.821. The van der Waals surface area contributed by atoms with Crippen molar-refractivity contribution in [3.63, 3.8) is 0 Å². The summed E-state index contributed by atoms with van der Waals surface area (Å²) >= 11 is 0. The molecule has 66 heavy (non-hydrogen) atoms. The predicted molar refractivity (Wildman–Crippen MR) is 255 cm³/mol. The van der Waals surface area contributed by atoms with Crippen LogP contribution in [-0.2, 0) is 19.1 Å². The zero-order chi connectivity index (χ0) is 45.7. The number of hydrogen-bond donors (Lipinski definition) is 3. The molecule has 6 aliphatic rings. The normalized spacial score (nSPS) is 25.7. The van der Waals surface area contributed by atoms with E-state index in [0.29, 0.717) is 19.1 Å². The molecule has 10 rings (SSSR count). The van der Waals surface area contributed by atoms with Crippen LogP contribution >= 0.6 is 0 Å². The molecular weight excluding hydrogens is 829 g/mol. The fraction of sp³-hybridized carbons (Fsp3) is 0.491. The van der Waals surface area contributed by atoms with Crippen LogP contribution in [-0.4, -0.2) is 120 Å². The number of alkyl carbamates (subject to hydrolysis) is 1. The van der Waals surface area contributed by atoms with Crippen molar-refractivity contribution in [2.24, 2.45) is 28.2 Å². The number of aromatic nitrogens is 2. The van der Waals surface area contributed by atoms with E-state index in [1.165, 1.54) is 36.1 Å². The van der Waals surface area contributed by atoms with Crippen LogP contribution in [0.3, 0.4) is 0 Å². The maximum absolute atomic E-state index is 14.7. The summed E-state index contributed by atoms with van der Waals surface area (Å²) in [7, 11) is 5.05. The first-order chi connectivity index (χ1) is 32.0. The van der Waals surface area contributed by atoms with Crippen molar-refractivity contribution >= 4 is 35.8 Å². The standard InChI is InChI=1S/C53H64N8O5/c1-32(2)45(58-52(64)66-5)50(62)61-41-20-19-40(27-41)46(61)49-55-29-42(57-49)34-13-11-33(12-14-34)36-15-16-38-26-39(18-17-37(38)25-36)43-30-54-48(56-43)44-28-53(21-22-53)31-60(44)51(63)47(59(3)23-24-65-4)35-9-7-6-8-10-35/h6-17,25-26,29,32,39-41,44-48,54H,18-24,27-28,30-31H2,1-5H3,(H,55,57)(H,58,64). The number of likely N-dealkylation sites (tertiary alicyclic amines) is 2. The largest absolute Gasteiger partial charge is 0.453 e. The van der Waals surface area contributed by atoms with Crippen molar-refractivity contribution in [2.75, 3.05) is 47.5 Å². The van der Waals surface area contributed by atoms with Crippen molar-refractivity contribution in [3.05, 3.63) is 101 Å². The Kier molecular flexibility index (Phi) is 12.2. The predicted octanol–water partition coefficient (Wildman–Crippen LogP) is 5.83. The van der Waals surface area contributed by atoms with Crippen molar-refractivity contribution in [1.29, 1.82) is 0 Å². The molecule has 8 unspecified atom stereocenters. The molecule has 13 nitrogen and oxygen atoms in total. The van der Waals surface area contributed by atoms with Gasteiger partial charge in [0, 0.05) is 44.4 Å². The smallest absolute Gasteiger partial charge is 0.407 e. The van der Waals surface area contributed by atoms with Crippen LogP contribution < -0.4 is 21.1 Å². The number of benzene rings is 3. The monoisotopic (exact) mass is 892 g/mol. The van der Waals surface area contributed by atoms with Gasteiger partial charge in [0.05, 0.1) is 37.7 Å². The van der Waals surface area contributed by atoms with E-state index in [4.69, 9.17) is 19.5 Å². The average Bonchev–Trinajstić information content (AvgIpc) is 3.98. The SMILES string of the molecule is COCCN(C)C(C(=O)N1CC2(CC2)CC1C1N=C(C2C=c3ccc(-c4ccc(-c5cnc(C6C7CCC(C7)N6C(=O)C(NC(=O)OC)C(C)C)[nH]5)cc4)cc3=CC2)CN1)c1ccccc1. The van der Waals surface area contributed by atoms with Gasteiger partial charge in [-0.1, -0.05) is 92.7 Å². The van der Waals surface area contributed by atoms with Crippen LogP contribution in [0.1, 0.15) is 82.3 Å². The molecule has 2 bridgehead atoms. The first kappa shape index (κ1) is 44.2. The van der Waals surface area contributed by atoms with Gasteiger partial charge in [-0.2, -0.15) is 0 Å². The number of carbonyl (C=O) groups is 3. The molecule has 1 aromatic heterocycles. The highest BCUT2D eigenvalue weighted by Gasteiger charge is 2.56. The fourth-order valence-corrected chi connectivity index (χ4v) is 11.7. The molecular formula is C53H64N8O5. The number of ether oxygens (including phenoxy) is 2. The number of piperidine rings is 1. The van der Waals surface area contributed by atoms with E-state index >= 15 is 0 Å². The van der Waals surface area contributed by atoms with Gasteiger partial charge in [-0.15, -0.1) is 0 Å². The Morgan fingerprint density at radius 2 is 1.73 bits per heavy atom. The fourth-order valence-electron chi connectivity index (χ4n) is 11.7. The average molecular weight is 893 g/mol. The Morgan fingerprint density at radius 1 is 0.955 bits per heavy atom. The summed E-state index contributed by atoms with van der Waals surface area (Å²) in [5.41, 5.74) is 6.63. The number of likely N-dealkylation sites (N-methyl/N-ethyl adjacent to an activating group) is 1. The van der Waals surface area contributed by atoms with Gasteiger partial charge in [-0.3, -0.25) is 24.8 Å². The molecule has 2 saturated heterocycles. The molecule has 2 saturated carbocycles. The number of nitrogens with one attached hydrogen (secondary N) is 3. The lowest BCUT2D eigenvalue weighted by atomic mass is 9.91. The summed E-state index contributed by atoms with van der Waals surface area (Å²) in [5.74, 6) is 1.31. The lowest BCUT2D eigenvalue weighted by Crippen LogP contribution is -2.54. The maximum Gasteiger partial charge on any atom is 0.407 e. The summed E-state index contributed by atoms with van der Waals surface area (Å²) in [4.78, 5) is 60.9. The molecule has 3 aromatic carbocycles. The minimum Gasteiger partial charge on any atom is -0.453 e. The Morgan fingerprint density at radius 3 is 2.47 bits per heavy atom. The van der Waals surface area contributed by atoms with E-state index < -0.39 is 12.1 Å². The second-order valence-electron chi connectivity index (χ2n) is 20.1. The van der Waals surface area contributed by atoms with Crippen molar-refractivity contribution in [3.8, 4) is 22.4 Å². The third kappa shape index (κ3) is 8.50. The number of nitrogens with zero attached hydrogens (tertiary/aromatic N) is 5. The molecule has 4 aromatic rings. The number of methoxy groups -OCH3 is 2. The summed E-state index contributed by atoms with van der Waals surface area (Å²) in [6.07, 6.45) is 13.1. The highest BCUT2D eigenvalue weighted by molar-refractivity contribution is 5.95. The van der Waals surface area contributed by atoms with Crippen LogP contribution in [0.15, 0.2) is 84.0 Å². The Bertz CT molecular complexity index is 2610. The minimum atomic E-state index is -0.671. The zero-order valence-electron chi connectivity index (χ0n) is 38.9. The van der Waals surface area contributed by atoms with Gasteiger partial charge in [0.2, 0.25) is 11.8 Å². The molecule has 13 heteroatoms. The summed E-state index contributed by atoms with van der Waals surface area (Å²) < 4.78 is 10.3. The van der Waals surface area contributed by atoms with Gasteiger partial charge < -0.3 is 29.6 Å². The van der Waals surface area contributed by atoms with Crippen LogP contribution in [0.4, 0.5) is 4.79 Å². The molecule has 8 atom stereocenters. The first-order valence-corrected chi connectivity index (χ1v) is 24.0.